The molecule has 15 heavy (non-hydrogen) atoms. The second kappa shape index (κ2) is 3.83. The van der Waals surface area contributed by atoms with E-state index in [0.717, 1.165) is 5.56 Å². The molecule has 0 aromatic carbocycles. The number of aromatic nitrogens is 2. The van der Waals surface area contributed by atoms with Gasteiger partial charge in [-0.2, -0.15) is 0 Å². The summed E-state index contributed by atoms with van der Waals surface area (Å²) >= 11 is 0. The Bertz CT molecular complexity index is 485. The number of rotatable bonds is 2. The van der Waals surface area contributed by atoms with Crippen LogP contribution >= 0.6 is 0 Å². The third kappa shape index (κ3) is 1.96. The molecule has 2 rings (SSSR count). The lowest BCUT2D eigenvalue weighted by Gasteiger charge is -1.98. The summed E-state index contributed by atoms with van der Waals surface area (Å²) in [6.07, 6.45) is 6.08. The molecule has 2 aromatic rings. The van der Waals surface area contributed by atoms with Crippen molar-refractivity contribution in [1.29, 1.82) is 0 Å². The van der Waals surface area contributed by atoms with Crippen LogP contribution in [0, 0.1) is 10.1 Å². The average molecular weight is 201 g/mol. The number of hydrogen-bond donors (Lipinski definition) is 0. The van der Waals surface area contributed by atoms with Gasteiger partial charge < -0.3 is 0 Å². The Morgan fingerprint density at radius 3 is 2.60 bits per heavy atom. The zero-order chi connectivity index (χ0) is 10.7. The molecule has 74 valence electrons. The maximum atomic E-state index is 10.5. The van der Waals surface area contributed by atoms with Crippen LogP contribution in [-0.2, 0) is 0 Å². The van der Waals surface area contributed by atoms with Gasteiger partial charge in [-0.3, -0.25) is 20.1 Å². The van der Waals surface area contributed by atoms with E-state index < -0.39 is 4.92 Å². The van der Waals surface area contributed by atoms with Gasteiger partial charge in [-0.25, -0.2) is 0 Å². The van der Waals surface area contributed by atoms with Crippen molar-refractivity contribution in [3.63, 3.8) is 0 Å². The summed E-state index contributed by atoms with van der Waals surface area (Å²) in [5.74, 6) is 0. The van der Waals surface area contributed by atoms with Crippen molar-refractivity contribution in [2.24, 2.45) is 0 Å². The van der Waals surface area contributed by atoms with Crippen molar-refractivity contribution in [3.8, 4) is 11.1 Å². The minimum Gasteiger partial charge on any atom is -0.264 e. The highest BCUT2D eigenvalue weighted by Gasteiger charge is 2.07. The quantitative estimate of drug-likeness (QED) is 0.550. The van der Waals surface area contributed by atoms with Crippen LogP contribution in [-0.4, -0.2) is 14.9 Å². The summed E-state index contributed by atoms with van der Waals surface area (Å²) in [5.41, 5.74) is 1.49. The molecule has 0 saturated carbocycles. The zero-order valence-corrected chi connectivity index (χ0v) is 7.70. The van der Waals surface area contributed by atoms with E-state index >= 15 is 0 Å². The number of nitrogens with zero attached hydrogens (tertiary/aromatic N) is 3. The molecule has 5 heteroatoms. The van der Waals surface area contributed by atoms with Gasteiger partial charge in [-0.1, -0.05) is 6.07 Å². The Morgan fingerprint density at radius 2 is 1.93 bits per heavy atom. The topological polar surface area (TPSA) is 68.9 Å². The van der Waals surface area contributed by atoms with Gasteiger partial charge in [0.1, 0.15) is 6.20 Å². The van der Waals surface area contributed by atoms with Crippen LogP contribution in [0.25, 0.3) is 11.1 Å². The van der Waals surface area contributed by atoms with Crippen LogP contribution < -0.4 is 0 Å². The molecular weight excluding hydrogens is 194 g/mol. The summed E-state index contributed by atoms with van der Waals surface area (Å²) in [5, 5.41) is 10.5. The number of nitro groups is 1. The standard InChI is InChI=1S/C10H7N3O2/c14-13(15)10-4-9(6-12-7-10)8-2-1-3-11-5-8/h1-7H. The van der Waals surface area contributed by atoms with Gasteiger partial charge in [0.25, 0.3) is 5.69 Å². The zero-order valence-electron chi connectivity index (χ0n) is 7.70. The summed E-state index contributed by atoms with van der Waals surface area (Å²) in [6, 6.07) is 5.08. The van der Waals surface area contributed by atoms with Crippen molar-refractivity contribution in [2.45, 2.75) is 0 Å². The molecule has 0 spiro atoms. The molecule has 0 atom stereocenters. The smallest absolute Gasteiger partial charge is 0.264 e. The fourth-order valence-electron chi connectivity index (χ4n) is 1.22. The molecule has 0 aliphatic carbocycles. The Kier molecular flexibility index (Phi) is 2.37. The summed E-state index contributed by atoms with van der Waals surface area (Å²) in [7, 11) is 0. The Balaban J connectivity index is 2.46. The van der Waals surface area contributed by atoms with Gasteiger partial charge >= 0.3 is 0 Å². The summed E-state index contributed by atoms with van der Waals surface area (Å²) in [6.45, 7) is 0. The third-order valence-electron chi connectivity index (χ3n) is 1.93. The molecule has 5 nitrogen and oxygen atoms in total. The normalized spacial score (nSPS) is 9.87. The summed E-state index contributed by atoms with van der Waals surface area (Å²) < 4.78 is 0. The molecule has 0 aliphatic heterocycles. The van der Waals surface area contributed by atoms with Crippen LogP contribution in [0.2, 0.25) is 0 Å². The minimum atomic E-state index is -0.465. The van der Waals surface area contributed by atoms with Gasteiger partial charge in [-0.05, 0) is 6.07 Å². The summed E-state index contributed by atoms with van der Waals surface area (Å²) in [4.78, 5) is 17.8. The van der Waals surface area contributed by atoms with E-state index in [1.54, 1.807) is 24.7 Å². The van der Waals surface area contributed by atoms with Gasteiger partial charge in [0.15, 0.2) is 0 Å². The third-order valence-corrected chi connectivity index (χ3v) is 1.93. The first-order valence-corrected chi connectivity index (χ1v) is 4.27. The van der Waals surface area contributed by atoms with E-state index in [2.05, 4.69) is 9.97 Å². The molecule has 0 aliphatic rings. The van der Waals surface area contributed by atoms with Crippen LogP contribution in [0.5, 0.6) is 0 Å². The second-order valence-corrected chi connectivity index (χ2v) is 2.93. The first kappa shape index (κ1) is 9.26. The Hall–Kier alpha value is -2.30. The van der Waals surface area contributed by atoms with E-state index in [-0.39, 0.29) is 5.69 Å². The predicted octanol–water partition coefficient (Wildman–Crippen LogP) is 2.05. The van der Waals surface area contributed by atoms with Gasteiger partial charge in [-0.15, -0.1) is 0 Å². The maximum Gasteiger partial charge on any atom is 0.288 e. The van der Waals surface area contributed by atoms with E-state index in [9.17, 15) is 10.1 Å². The molecule has 0 saturated heterocycles. The van der Waals surface area contributed by atoms with Crippen molar-refractivity contribution >= 4 is 5.69 Å². The lowest BCUT2D eigenvalue weighted by molar-refractivity contribution is -0.385. The van der Waals surface area contributed by atoms with Gasteiger partial charge in [0.05, 0.1) is 4.92 Å². The van der Waals surface area contributed by atoms with Gasteiger partial charge in [0.2, 0.25) is 0 Å². The molecule has 2 heterocycles. The lowest BCUT2D eigenvalue weighted by atomic mass is 10.1. The molecule has 0 fully saturated rings. The first-order valence-electron chi connectivity index (χ1n) is 4.27. The molecule has 0 unspecified atom stereocenters. The predicted molar refractivity (Wildman–Crippen MR) is 54.1 cm³/mol. The largest absolute Gasteiger partial charge is 0.288 e. The van der Waals surface area contributed by atoms with E-state index in [0.29, 0.717) is 5.56 Å². The van der Waals surface area contributed by atoms with E-state index in [1.165, 1.54) is 12.3 Å². The molecule has 0 radical (unpaired) electrons. The molecule has 2 aromatic heterocycles. The maximum absolute atomic E-state index is 10.5. The highest BCUT2D eigenvalue weighted by atomic mass is 16.6. The highest BCUT2D eigenvalue weighted by Crippen LogP contribution is 2.20. The second-order valence-electron chi connectivity index (χ2n) is 2.93. The minimum absolute atomic E-state index is 0.0173. The van der Waals surface area contributed by atoms with Gasteiger partial charge in [0, 0.05) is 35.8 Å². The van der Waals surface area contributed by atoms with E-state index in [1.807, 2.05) is 6.07 Å². The molecule has 0 N–H and O–H groups in total. The SMILES string of the molecule is O=[N+]([O-])c1cncc(-c2cccnc2)c1. The number of hydrogen-bond acceptors (Lipinski definition) is 4. The van der Waals surface area contributed by atoms with Crippen molar-refractivity contribution in [2.75, 3.05) is 0 Å². The molecular formula is C10H7N3O2. The van der Waals surface area contributed by atoms with Crippen LogP contribution in [0.1, 0.15) is 0 Å². The number of pyridine rings is 2. The van der Waals surface area contributed by atoms with E-state index in [4.69, 9.17) is 0 Å². The lowest BCUT2D eigenvalue weighted by Crippen LogP contribution is -1.90. The first-order chi connectivity index (χ1) is 7.27. The fraction of sp³-hybridized carbons (Fsp3) is 0. The Labute approximate surface area is 85.6 Å². The monoisotopic (exact) mass is 201 g/mol. The van der Waals surface area contributed by atoms with Crippen LogP contribution in [0.15, 0.2) is 43.0 Å². The molecule has 0 bridgehead atoms. The van der Waals surface area contributed by atoms with Crippen LogP contribution in [0.4, 0.5) is 5.69 Å². The highest BCUT2D eigenvalue weighted by molar-refractivity contribution is 5.63. The molecule has 0 amide bonds. The van der Waals surface area contributed by atoms with Crippen molar-refractivity contribution in [3.05, 3.63) is 53.1 Å². The average Bonchev–Trinajstić information content (AvgIpc) is 2.30. The van der Waals surface area contributed by atoms with Crippen LogP contribution in [0.3, 0.4) is 0 Å². The van der Waals surface area contributed by atoms with Crippen molar-refractivity contribution < 1.29 is 4.92 Å². The Morgan fingerprint density at radius 1 is 1.13 bits per heavy atom. The van der Waals surface area contributed by atoms with Crippen molar-refractivity contribution in [1.82, 2.24) is 9.97 Å². The fourth-order valence-corrected chi connectivity index (χ4v) is 1.22.